The first-order chi connectivity index (χ1) is 6.77. The second-order valence-electron chi connectivity index (χ2n) is 2.68. The number of nitro benzene ring substituents is 1. The normalized spacial score (nSPS) is 10.0. The second kappa shape index (κ2) is 3.55. The summed E-state index contributed by atoms with van der Waals surface area (Å²) in [6, 6.07) is 8.33. The molecule has 0 aliphatic carbocycles. The molecule has 0 atom stereocenters. The van der Waals surface area contributed by atoms with Gasteiger partial charge >= 0.3 is 0 Å². The highest BCUT2D eigenvalue weighted by molar-refractivity contribution is 7.09. The molecule has 0 aliphatic rings. The van der Waals surface area contributed by atoms with Crippen LogP contribution < -0.4 is 0 Å². The Morgan fingerprint density at radius 3 is 2.43 bits per heavy atom. The monoisotopic (exact) mass is 206 g/mol. The van der Waals surface area contributed by atoms with Crippen LogP contribution in [0.3, 0.4) is 0 Å². The molecule has 2 aromatic rings. The molecule has 70 valence electrons. The van der Waals surface area contributed by atoms with Crippen LogP contribution in [0.15, 0.2) is 36.5 Å². The van der Waals surface area contributed by atoms with E-state index in [1.807, 2.05) is 6.07 Å². The molecule has 14 heavy (non-hydrogen) atoms. The molecule has 0 amide bonds. The van der Waals surface area contributed by atoms with Crippen molar-refractivity contribution in [1.29, 1.82) is 0 Å². The van der Waals surface area contributed by atoms with E-state index in [1.54, 1.807) is 18.3 Å². The van der Waals surface area contributed by atoms with Gasteiger partial charge in [0.05, 0.1) is 9.80 Å². The topological polar surface area (TPSA) is 56.0 Å². The Kier molecular flexibility index (Phi) is 2.24. The first kappa shape index (κ1) is 8.83. The molecule has 1 aromatic carbocycles. The predicted molar refractivity (Wildman–Crippen MR) is 54.2 cm³/mol. The van der Waals surface area contributed by atoms with Gasteiger partial charge in [-0.2, -0.15) is 0 Å². The summed E-state index contributed by atoms with van der Waals surface area (Å²) < 4.78 is 3.96. The first-order valence-electron chi connectivity index (χ1n) is 3.93. The number of nitro groups is 1. The van der Waals surface area contributed by atoms with Gasteiger partial charge in [-0.05, 0) is 35.3 Å². The van der Waals surface area contributed by atoms with Crippen molar-refractivity contribution >= 4 is 17.2 Å². The Hall–Kier alpha value is -1.75. The fourth-order valence-electron chi connectivity index (χ4n) is 1.11. The van der Waals surface area contributed by atoms with Crippen molar-refractivity contribution < 1.29 is 4.92 Å². The average Bonchev–Trinajstić information content (AvgIpc) is 2.71. The highest BCUT2D eigenvalue weighted by Crippen LogP contribution is 2.24. The van der Waals surface area contributed by atoms with E-state index in [-0.39, 0.29) is 5.69 Å². The molecule has 0 N–H and O–H groups in total. The van der Waals surface area contributed by atoms with Crippen molar-refractivity contribution in [3.63, 3.8) is 0 Å². The molecule has 0 saturated heterocycles. The maximum Gasteiger partial charge on any atom is 0.269 e. The minimum absolute atomic E-state index is 0.110. The Morgan fingerprint density at radius 2 is 1.93 bits per heavy atom. The number of nitrogens with zero attached hydrogens (tertiary/aromatic N) is 2. The molecule has 0 bridgehead atoms. The third-order valence-electron chi connectivity index (χ3n) is 1.80. The summed E-state index contributed by atoms with van der Waals surface area (Å²) in [5, 5.41) is 10.4. The molecule has 1 heterocycles. The van der Waals surface area contributed by atoms with E-state index >= 15 is 0 Å². The summed E-state index contributed by atoms with van der Waals surface area (Å²) in [5.74, 6) is 0. The van der Waals surface area contributed by atoms with Gasteiger partial charge in [0.15, 0.2) is 0 Å². The molecule has 5 heteroatoms. The van der Waals surface area contributed by atoms with Crippen LogP contribution >= 0.6 is 11.5 Å². The van der Waals surface area contributed by atoms with Gasteiger partial charge in [0, 0.05) is 18.3 Å². The van der Waals surface area contributed by atoms with Crippen molar-refractivity contribution in [2.45, 2.75) is 0 Å². The summed E-state index contributed by atoms with van der Waals surface area (Å²) in [5.41, 5.74) is 1.07. The summed E-state index contributed by atoms with van der Waals surface area (Å²) in [4.78, 5) is 11.0. The number of benzene rings is 1. The lowest BCUT2D eigenvalue weighted by atomic mass is 10.2. The van der Waals surface area contributed by atoms with Gasteiger partial charge in [-0.3, -0.25) is 10.1 Å². The number of hydrogen-bond donors (Lipinski definition) is 0. The van der Waals surface area contributed by atoms with Gasteiger partial charge in [0.1, 0.15) is 0 Å². The number of aromatic nitrogens is 1. The van der Waals surface area contributed by atoms with E-state index in [1.165, 1.54) is 23.7 Å². The van der Waals surface area contributed by atoms with E-state index in [2.05, 4.69) is 4.37 Å². The molecule has 0 unspecified atom stereocenters. The van der Waals surface area contributed by atoms with E-state index in [4.69, 9.17) is 0 Å². The van der Waals surface area contributed by atoms with Crippen molar-refractivity contribution in [2.75, 3.05) is 0 Å². The van der Waals surface area contributed by atoms with E-state index in [0.717, 1.165) is 10.4 Å². The molecule has 2 rings (SSSR count). The van der Waals surface area contributed by atoms with Crippen LogP contribution in [0.2, 0.25) is 0 Å². The van der Waals surface area contributed by atoms with Gasteiger partial charge in [0.2, 0.25) is 0 Å². The van der Waals surface area contributed by atoms with E-state index < -0.39 is 4.92 Å². The Labute approximate surface area is 84.1 Å². The SMILES string of the molecule is O=[N+]([O-])c1ccc(-c2ccns2)cc1. The molecular weight excluding hydrogens is 200 g/mol. The molecule has 4 nitrogen and oxygen atoms in total. The van der Waals surface area contributed by atoms with Crippen molar-refractivity contribution in [3.8, 4) is 10.4 Å². The number of rotatable bonds is 2. The van der Waals surface area contributed by atoms with Crippen molar-refractivity contribution in [1.82, 2.24) is 4.37 Å². The van der Waals surface area contributed by atoms with Crippen LogP contribution in [0.5, 0.6) is 0 Å². The van der Waals surface area contributed by atoms with E-state index in [0.29, 0.717) is 0 Å². The molecule has 0 spiro atoms. The Bertz CT molecular complexity index is 436. The zero-order valence-electron chi connectivity index (χ0n) is 7.08. The molecule has 0 fully saturated rings. The molecule has 0 saturated carbocycles. The third kappa shape index (κ3) is 1.62. The van der Waals surface area contributed by atoms with Crippen LogP contribution in [0.4, 0.5) is 5.69 Å². The molecule has 0 radical (unpaired) electrons. The number of hydrogen-bond acceptors (Lipinski definition) is 4. The van der Waals surface area contributed by atoms with Crippen LogP contribution in [0.1, 0.15) is 0 Å². The third-order valence-corrected chi connectivity index (χ3v) is 2.60. The van der Waals surface area contributed by atoms with Crippen LogP contribution in [0.25, 0.3) is 10.4 Å². The van der Waals surface area contributed by atoms with Crippen LogP contribution in [-0.4, -0.2) is 9.30 Å². The van der Waals surface area contributed by atoms with Gasteiger partial charge in [-0.1, -0.05) is 0 Å². The van der Waals surface area contributed by atoms with Crippen LogP contribution in [-0.2, 0) is 0 Å². The first-order valence-corrected chi connectivity index (χ1v) is 4.70. The lowest BCUT2D eigenvalue weighted by Crippen LogP contribution is -1.86. The van der Waals surface area contributed by atoms with Crippen molar-refractivity contribution in [3.05, 3.63) is 46.6 Å². The quantitative estimate of drug-likeness (QED) is 0.560. The zero-order chi connectivity index (χ0) is 9.97. The molecular formula is C9H6N2O2S. The van der Waals surface area contributed by atoms with Crippen LogP contribution in [0, 0.1) is 10.1 Å². The second-order valence-corrected chi connectivity index (χ2v) is 3.51. The summed E-state index contributed by atoms with van der Waals surface area (Å²) in [7, 11) is 0. The molecule has 0 aliphatic heterocycles. The van der Waals surface area contributed by atoms with Gasteiger partial charge in [-0.25, -0.2) is 4.37 Å². The largest absolute Gasteiger partial charge is 0.269 e. The minimum Gasteiger partial charge on any atom is -0.258 e. The average molecular weight is 206 g/mol. The fourth-order valence-corrected chi connectivity index (χ4v) is 1.71. The molecule has 1 aromatic heterocycles. The lowest BCUT2D eigenvalue weighted by Gasteiger charge is -1.95. The van der Waals surface area contributed by atoms with Gasteiger partial charge in [-0.15, -0.1) is 0 Å². The summed E-state index contributed by atoms with van der Waals surface area (Å²) in [6.07, 6.45) is 1.71. The maximum atomic E-state index is 10.4. The van der Waals surface area contributed by atoms with Crippen molar-refractivity contribution in [2.24, 2.45) is 0 Å². The Morgan fingerprint density at radius 1 is 1.21 bits per heavy atom. The summed E-state index contributed by atoms with van der Waals surface area (Å²) >= 11 is 1.37. The predicted octanol–water partition coefficient (Wildman–Crippen LogP) is 2.72. The minimum atomic E-state index is -0.406. The Balaban J connectivity index is 2.36. The highest BCUT2D eigenvalue weighted by Gasteiger charge is 2.05. The fraction of sp³-hybridized carbons (Fsp3) is 0. The standard InChI is InChI=1S/C9H6N2O2S/c12-11(13)8-3-1-7(2-4-8)9-5-6-10-14-9/h1-6H. The van der Waals surface area contributed by atoms with Gasteiger partial charge in [0.25, 0.3) is 5.69 Å². The highest BCUT2D eigenvalue weighted by atomic mass is 32.1. The lowest BCUT2D eigenvalue weighted by molar-refractivity contribution is -0.384. The zero-order valence-corrected chi connectivity index (χ0v) is 7.90. The maximum absolute atomic E-state index is 10.4. The summed E-state index contributed by atoms with van der Waals surface area (Å²) in [6.45, 7) is 0. The van der Waals surface area contributed by atoms with Gasteiger partial charge < -0.3 is 0 Å². The smallest absolute Gasteiger partial charge is 0.258 e. The number of non-ortho nitro benzene ring substituents is 1. The van der Waals surface area contributed by atoms with E-state index in [9.17, 15) is 10.1 Å².